The molecule has 1 unspecified atom stereocenters. The molecule has 0 saturated carbocycles. The number of piperazine rings is 1. The minimum atomic E-state index is 0.119. The van der Waals surface area contributed by atoms with Crippen LogP contribution in [0.25, 0.3) is 0 Å². The summed E-state index contributed by atoms with van der Waals surface area (Å²) in [6.07, 6.45) is 4.16. The summed E-state index contributed by atoms with van der Waals surface area (Å²) in [6.45, 7) is 6.55. The number of rotatable bonds is 2. The number of amides is 1. The zero-order valence-electron chi connectivity index (χ0n) is 12.0. The van der Waals surface area contributed by atoms with E-state index < -0.39 is 0 Å². The number of hydrogen-bond donors (Lipinski definition) is 1. The van der Waals surface area contributed by atoms with Crippen molar-refractivity contribution in [1.29, 1.82) is 0 Å². The van der Waals surface area contributed by atoms with Crippen LogP contribution in [0.4, 0.5) is 5.82 Å². The first-order valence-electron chi connectivity index (χ1n) is 7.48. The van der Waals surface area contributed by atoms with E-state index in [9.17, 15) is 4.79 Å². The van der Waals surface area contributed by atoms with Gasteiger partial charge in [-0.3, -0.25) is 4.79 Å². The van der Waals surface area contributed by atoms with E-state index in [2.05, 4.69) is 22.1 Å². The Balaban J connectivity index is 1.83. The number of pyridine rings is 1. The van der Waals surface area contributed by atoms with Gasteiger partial charge in [0.2, 0.25) is 0 Å². The van der Waals surface area contributed by atoms with Crippen LogP contribution >= 0.6 is 0 Å². The van der Waals surface area contributed by atoms with Crippen molar-refractivity contribution in [2.24, 2.45) is 0 Å². The van der Waals surface area contributed by atoms with Crippen molar-refractivity contribution in [1.82, 2.24) is 15.2 Å². The molecule has 20 heavy (non-hydrogen) atoms. The number of aromatic nitrogens is 1. The van der Waals surface area contributed by atoms with E-state index in [1.54, 1.807) is 6.20 Å². The summed E-state index contributed by atoms with van der Waals surface area (Å²) >= 11 is 0. The quantitative estimate of drug-likeness (QED) is 0.878. The molecule has 2 aliphatic rings. The van der Waals surface area contributed by atoms with Crippen LogP contribution in [-0.2, 0) is 0 Å². The zero-order valence-corrected chi connectivity index (χ0v) is 12.0. The highest BCUT2D eigenvalue weighted by Gasteiger charge is 2.26. The molecular weight excluding hydrogens is 252 g/mol. The number of nitrogens with one attached hydrogen (secondary N) is 1. The van der Waals surface area contributed by atoms with Crippen LogP contribution in [0.2, 0.25) is 0 Å². The maximum absolute atomic E-state index is 12.8. The predicted octanol–water partition coefficient (Wildman–Crippen LogP) is 1.12. The Hall–Kier alpha value is -1.62. The van der Waals surface area contributed by atoms with Gasteiger partial charge in [0.25, 0.3) is 5.91 Å². The molecule has 2 aliphatic heterocycles. The second kappa shape index (κ2) is 5.79. The van der Waals surface area contributed by atoms with E-state index in [0.29, 0.717) is 6.04 Å². The second-order valence-corrected chi connectivity index (χ2v) is 5.68. The van der Waals surface area contributed by atoms with Crippen LogP contribution in [0, 0.1) is 0 Å². The third-order valence-corrected chi connectivity index (χ3v) is 4.08. The molecule has 5 heteroatoms. The van der Waals surface area contributed by atoms with Crippen LogP contribution in [-0.4, -0.2) is 54.6 Å². The Morgan fingerprint density at radius 2 is 2.15 bits per heavy atom. The number of carbonyl (C=O) groups excluding carboxylic acids is 1. The highest BCUT2D eigenvalue weighted by Crippen LogP contribution is 2.23. The van der Waals surface area contributed by atoms with Crippen LogP contribution in [0.5, 0.6) is 0 Å². The Bertz CT molecular complexity index is 485. The third-order valence-electron chi connectivity index (χ3n) is 4.08. The van der Waals surface area contributed by atoms with Gasteiger partial charge in [0.05, 0.1) is 5.56 Å². The van der Waals surface area contributed by atoms with Crippen molar-refractivity contribution >= 4 is 11.7 Å². The lowest BCUT2D eigenvalue weighted by molar-refractivity contribution is 0.0709. The van der Waals surface area contributed by atoms with Gasteiger partial charge in [0, 0.05) is 45.0 Å². The van der Waals surface area contributed by atoms with E-state index in [0.717, 1.165) is 44.1 Å². The molecule has 0 aliphatic carbocycles. The molecule has 0 spiro atoms. The molecule has 2 saturated heterocycles. The molecule has 108 valence electrons. The molecule has 1 aromatic rings. The minimum Gasteiger partial charge on any atom is -0.356 e. The highest BCUT2D eigenvalue weighted by molar-refractivity contribution is 5.99. The molecule has 1 atom stereocenters. The van der Waals surface area contributed by atoms with Gasteiger partial charge in [-0.05, 0) is 31.9 Å². The summed E-state index contributed by atoms with van der Waals surface area (Å²) in [5, 5.41) is 3.37. The summed E-state index contributed by atoms with van der Waals surface area (Å²) in [6, 6.07) is 4.13. The Morgan fingerprint density at radius 3 is 2.90 bits per heavy atom. The maximum atomic E-state index is 12.8. The van der Waals surface area contributed by atoms with Gasteiger partial charge < -0.3 is 15.1 Å². The van der Waals surface area contributed by atoms with Gasteiger partial charge in [-0.2, -0.15) is 0 Å². The van der Waals surface area contributed by atoms with E-state index >= 15 is 0 Å². The second-order valence-electron chi connectivity index (χ2n) is 5.68. The van der Waals surface area contributed by atoms with Gasteiger partial charge in [-0.1, -0.05) is 0 Å². The van der Waals surface area contributed by atoms with E-state index in [4.69, 9.17) is 0 Å². The Kier molecular flexibility index (Phi) is 3.87. The van der Waals surface area contributed by atoms with E-state index in [1.807, 2.05) is 17.0 Å². The van der Waals surface area contributed by atoms with Crippen molar-refractivity contribution in [3.63, 3.8) is 0 Å². The van der Waals surface area contributed by atoms with Crippen LogP contribution < -0.4 is 10.2 Å². The van der Waals surface area contributed by atoms with E-state index in [-0.39, 0.29) is 5.91 Å². The largest absolute Gasteiger partial charge is 0.356 e. The highest BCUT2D eigenvalue weighted by atomic mass is 16.2. The van der Waals surface area contributed by atoms with Gasteiger partial charge in [-0.15, -0.1) is 0 Å². The smallest absolute Gasteiger partial charge is 0.257 e. The molecule has 3 heterocycles. The summed E-state index contributed by atoms with van der Waals surface area (Å²) in [5.74, 6) is 0.981. The third kappa shape index (κ3) is 2.63. The molecule has 0 radical (unpaired) electrons. The fraction of sp³-hybridized carbons (Fsp3) is 0.600. The number of hydrogen-bond acceptors (Lipinski definition) is 4. The summed E-state index contributed by atoms with van der Waals surface area (Å²) in [5.41, 5.74) is 0.753. The van der Waals surface area contributed by atoms with E-state index in [1.165, 1.54) is 12.8 Å². The van der Waals surface area contributed by atoms with Gasteiger partial charge >= 0.3 is 0 Å². The lowest BCUT2D eigenvalue weighted by atomic mass is 10.1. The van der Waals surface area contributed by atoms with Gasteiger partial charge in [-0.25, -0.2) is 4.98 Å². The monoisotopic (exact) mass is 274 g/mol. The molecule has 1 amide bonds. The van der Waals surface area contributed by atoms with Crippen LogP contribution in [0.15, 0.2) is 18.3 Å². The predicted molar refractivity (Wildman–Crippen MR) is 79.1 cm³/mol. The number of anilines is 1. The standard InChI is InChI=1S/C15H22N4O/c1-12-11-19(10-7-16-12)15(20)13-5-4-6-17-14(13)18-8-2-3-9-18/h4-6,12,16H,2-3,7-11H2,1H3. The average Bonchev–Trinajstić information content (AvgIpc) is 3.00. The first-order valence-corrected chi connectivity index (χ1v) is 7.48. The first-order chi connectivity index (χ1) is 9.75. The topological polar surface area (TPSA) is 48.5 Å². The molecule has 3 rings (SSSR count). The van der Waals surface area contributed by atoms with Crippen molar-refractivity contribution in [2.45, 2.75) is 25.8 Å². The lowest BCUT2D eigenvalue weighted by Gasteiger charge is -2.32. The Morgan fingerprint density at radius 1 is 1.35 bits per heavy atom. The number of nitrogens with zero attached hydrogens (tertiary/aromatic N) is 3. The lowest BCUT2D eigenvalue weighted by Crippen LogP contribution is -2.51. The molecule has 2 fully saturated rings. The summed E-state index contributed by atoms with van der Waals surface area (Å²) < 4.78 is 0. The summed E-state index contributed by atoms with van der Waals surface area (Å²) in [7, 11) is 0. The molecule has 1 N–H and O–H groups in total. The maximum Gasteiger partial charge on any atom is 0.257 e. The fourth-order valence-electron chi connectivity index (χ4n) is 3.03. The SMILES string of the molecule is CC1CN(C(=O)c2cccnc2N2CCCC2)CCN1. The zero-order chi connectivity index (χ0) is 13.9. The summed E-state index contributed by atoms with van der Waals surface area (Å²) in [4.78, 5) is 21.4. The average molecular weight is 274 g/mol. The van der Waals surface area contributed by atoms with Crippen molar-refractivity contribution in [3.8, 4) is 0 Å². The Labute approximate surface area is 120 Å². The van der Waals surface area contributed by atoms with Crippen LogP contribution in [0.1, 0.15) is 30.1 Å². The molecule has 1 aromatic heterocycles. The fourth-order valence-corrected chi connectivity index (χ4v) is 3.03. The molecular formula is C15H22N4O. The normalized spacial score (nSPS) is 23.1. The van der Waals surface area contributed by atoms with Crippen molar-refractivity contribution in [3.05, 3.63) is 23.9 Å². The molecule has 0 bridgehead atoms. The van der Waals surface area contributed by atoms with Crippen molar-refractivity contribution < 1.29 is 4.79 Å². The number of carbonyl (C=O) groups is 1. The van der Waals surface area contributed by atoms with Gasteiger partial charge in [0.1, 0.15) is 5.82 Å². The minimum absolute atomic E-state index is 0.119. The molecule has 5 nitrogen and oxygen atoms in total. The first kappa shape index (κ1) is 13.4. The van der Waals surface area contributed by atoms with Gasteiger partial charge in [0.15, 0.2) is 0 Å². The molecule has 0 aromatic carbocycles. The van der Waals surface area contributed by atoms with Crippen molar-refractivity contribution in [2.75, 3.05) is 37.6 Å². The van der Waals surface area contributed by atoms with Crippen LogP contribution in [0.3, 0.4) is 0 Å².